The average molecular weight is 443 g/mol. The molecule has 3 aromatic carbocycles. The fourth-order valence-corrected chi connectivity index (χ4v) is 5.13. The number of nitrogens with zero attached hydrogens (tertiary/aromatic N) is 1. The van der Waals surface area contributed by atoms with Crippen molar-refractivity contribution < 1.29 is 14.6 Å². The van der Waals surface area contributed by atoms with Crippen LogP contribution in [0.2, 0.25) is 0 Å². The van der Waals surface area contributed by atoms with Crippen molar-refractivity contribution >= 4 is 22.4 Å². The van der Waals surface area contributed by atoms with Gasteiger partial charge in [0, 0.05) is 16.0 Å². The lowest BCUT2D eigenvalue weighted by Crippen LogP contribution is -2.12. The summed E-state index contributed by atoms with van der Waals surface area (Å²) in [4.78, 5) is 17.1. The van der Waals surface area contributed by atoms with Crippen molar-refractivity contribution in [3.63, 3.8) is 0 Å². The Morgan fingerprint density at radius 3 is 2.31 bits per heavy atom. The molecule has 0 aliphatic heterocycles. The van der Waals surface area contributed by atoms with Gasteiger partial charge < -0.3 is 15.2 Å². The van der Waals surface area contributed by atoms with Gasteiger partial charge in [-0.15, -0.1) is 11.3 Å². The molecular formula is C26H22N2O3S. The number of carbonyl (C=O) groups is 1. The van der Waals surface area contributed by atoms with Crippen LogP contribution in [0.3, 0.4) is 0 Å². The molecule has 0 saturated heterocycles. The van der Waals surface area contributed by atoms with E-state index in [1.807, 2.05) is 30.3 Å². The summed E-state index contributed by atoms with van der Waals surface area (Å²) in [5, 5.41) is 13.5. The third-order valence-electron chi connectivity index (χ3n) is 5.57. The van der Waals surface area contributed by atoms with Crippen LogP contribution in [0.5, 0.6) is 5.75 Å². The van der Waals surface area contributed by atoms with E-state index in [0.29, 0.717) is 5.75 Å². The number of ether oxygens (including phenoxy) is 1. The predicted octanol–water partition coefficient (Wildman–Crippen LogP) is 5.57. The molecule has 1 heterocycles. The van der Waals surface area contributed by atoms with Gasteiger partial charge in [0.1, 0.15) is 5.75 Å². The summed E-state index contributed by atoms with van der Waals surface area (Å²) in [5.74, 6) is -0.350. The van der Waals surface area contributed by atoms with Crippen LogP contribution >= 0.6 is 11.3 Å². The van der Waals surface area contributed by atoms with Gasteiger partial charge in [-0.3, -0.25) is 0 Å². The highest BCUT2D eigenvalue weighted by atomic mass is 32.1. The highest BCUT2D eigenvalue weighted by Crippen LogP contribution is 2.42. The van der Waals surface area contributed by atoms with Crippen molar-refractivity contribution in [2.45, 2.75) is 18.9 Å². The Kier molecular flexibility index (Phi) is 5.60. The van der Waals surface area contributed by atoms with Crippen LogP contribution in [-0.2, 0) is 17.6 Å². The number of aryl methyl sites for hydroxylation is 1. The molecule has 0 spiro atoms. The van der Waals surface area contributed by atoms with Crippen LogP contribution in [0.15, 0.2) is 78.9 Å². The molecule has 2 N–H and O–H groups in total. The lowest BCUT2D eigenvalue weighted by Gasteiger charge is -2.19. The number of carboxylic acids is 1. The molecule has 32 heavy (non-hydrogen) atoms. The number of carboxylic acid groups (broad SMARTS) is 1. The average Bonchev–Trinajstić information content (AvgIpc) is 3.25. The minimum Gasteiger partial charge on any atom is -0.482 e. The van der Waals surface area contributed by atoms with Crippen LogP contribution in [0.1, 0.15) is 27.6 Å². The van der Waals surface area contributed by atoms with Gasteiger partial charge >= 0.3 is 5.97 Å². The molecule has 4 aromatic rings. The van der Waals surface area contributed by atoms with Crippen molar-refractivity contribution in [1.29, 1.82) is 0 Å². The van der Waals surface area contributed by atoms with E-state index in [-0.39, 0.29) is 12.6 Å². The highest BCUT2D eigenvalue weighted by molar-refractivity contribution is 7.16. The summed E-state index contributed by atoms with van der Waals surface area (Å²) in [6.45, 7) is -0.344. The first kappa shape index (κ1) is 20.3. The van der Waals surface area contributed by atoms with Gasteiger partial charge in [0.25, 0.3) is 0 Å². The van der Waals surface area contributed by atoms with E-state index in [0.717, 1.165) is 34.8 Å². The summed E-state index contributed by atoms with van der Waals surface area (Å²) in [5.41, 5.74) is 5.36. The van der Waals surface area contributed by atoms with Gasteiger partial charge in [-0.2, -0.15) is 0 Å². The second-order valence-corrected chi connectivity index (χ2v) is 8.74. The van der Waals surface area contributed by atoms with Crippen LogP contribution in [0.4, 0.5) is 5.13 Å². The zero-order valence-electron chi connectivity index (χ0n) is 17.3. The van der Waals surface area contributed by atoms with Crippen LogP contribution in [-0.4, -0.2) is 22.7 Å². The summed E-state index contributed by atoms with van der Waals surface area (Å²) >= 11 is 1.68. The molecule has 5 rings (SSSR count). The molecular weight excluding hydrogens is 420 g/mol. The van der Waals surface area contributed by atoms with Crippen molar-refractivity contribution in [3.8, 4) is 17.0 Å². The molecule has 6 heteroatoms. The SMILES string of the molecule is O=C(O)COc1cccc2c1CCc1sc(NC(c3ccccc3)c3ccccc3)nc1-2. The molecule has 0 amide bonds. The number of anilines is 1. The summed E-state index contributed by atoms with van der Waals surface area (Å²) in [7, 11) is 0. The molecule has 160 valence electrons. The van der Waals surface area contributed by atoms with E-state index in [4.69, 9.17) is 14.8 Å². The minimum atomic E-state index is -0.980. The molecule has 0 saturated carbocycles. The van der Waals surface area contributed by atoms with E-state index in [1.165, 1.54) is 16.0 Å². The number of nitrogens with one attached hydrogen (secondary N) is 1. The summed E-state index contributed by atoms with van der Waals surface area (Å²) in [6.07, 6.45) is 1.66. The lowest BCUT2D eigenvalue weighted by molar-refractivity contribution is -0.139. The summed E-state index contributed by atoms with van der Waals surface area (Å²) < 4.78 is 5.53. The van der Waals surface area contributed by atoms with E-state index >= 15 is 0 Å². The van der Waals surface area contributed by atoms with E-state index in [1.54, 1.807) is 11.3 Å². The van der Waals surface area contributed by atoms with Crippen molar-refractivity contribution in [2.75, 3.05) is 11.9 Å². The second-order valence-electron chi connectivity index (χ2n) is 7.65. The van der Waals surface area contributed by atoms with E-state index in [9.17, 15) is 4.79 Å². The maximum Gasteiger partial charge on any atom is 0.341 e. The number of hydrogen-bond acceptors (Lipinski definition) is 5. The van der Waals surface area contributed by atoms with Crippen molar-refractivity contribution in [1.82, 2.24) is 4.98 Å². The monoisotopic (exact) mass is 442 g/mol. The first-order chi connectivity index (χ1) is 15.7. The fraction of sp³-hybridized carbons (Fsp3) is 0.154. The molecule has 0 radical (unpaired) electrons. The normalized spacial score (nSPS) is 12.2. The highest BCUT2D eigenvalue weighted by Gasteiger charge is 2.25. The first-order valence-corrected chi connectivity index (χ1v) is 11.3. The number of fused-ring (bicyclic) bond motifs is 3. The number of aliphatic carboxylic acids is 1. The number of aromatic nitrogens is 1. The molecule has 5 nitrogen and oxygen atoms in total. The maximum absolute atomic E-state index is 10.9. The molecule has 0 fully saturated rings. The van der Waals surface area contributed by atoms with Crippen LogP contribution < -0.4 is 10.1 Å². The Balaban J connectivity index is 1.48. The standard InChI is InChI=1S/C26H22N2O3S/c29-23(30)16-31-21-13-7-12-20-19(21)14-15-22-25(20)28-26(32-22)27-24(17-8-3-1-4-9-17)18-10-5-2-6-11-18/h1-13,24H,14-16H2,(H,27,28)(H,29,30). The maximum atomic E-state index is 10.9. The Hall–Kier alpha value is -3.64. The Morgan fingerprint density at radius 2 is 1.66 bits per heavy atom. The molecule has 0 atom stereocenters. The smallest absolute Gasteiger partial charge is 0.341 e. The van der Waals surface area contributed by atoms with Gasteiger partial charge in [-0.05, 0) is 30.0 Å². The third-order valence-corrected chi connectivity index (χ3v) is 6.62. The molecule has 1 aliphatic rings. The third kappa shape index (κ3) is 4.09. The summed E-state index contributed by atoms with van der Waals surface area (Å²) in [6, 6.07) is 26.5. The predicted molar refractivity (Wildman–Crippen MR) is 126 cm³/mol. The minimum absolute atomic E-state index is 0.00490. The van der Waals surface area contributed by atoms with Gasteiger partial charge in [-0.25, -0.2) is 9.78 Å². The number of rotatable bonds is 7. The quantitative estimate of drug-likeness (QED) is 0.391. The van der Waals surface area contributed by atoms with E-state index < -0.39 is 5.97 Å². The van der Waals surface area contributed by atoms with Crippen LogP contribution in [0.25, 0.3) is 11.3 Å². The number of hydrogen-bond donors (Lipinski definition) is 2. The van der Waals surface area contributed by atoms with E-state index in [2.05, 4.69) is 53.8 Å². The molecule has 0 bridgehead atoms. The Bertz CT molecular complexity index is 1200. The van der Waals surface area contributed by atoms with Crippen molar-refractivity contribution in [3.05, 3.63) is 100 Å². The fourth-order valence-electron chi connectivity index (χ4n) is 4.13. The topological polar surface area (TPSA) is 71.5 Å². The Morgan fingerprint density at radius 1 is 0.969 bits per heavy atom. The van der Waals surface area contributed by atoms with Crippen molar-refractivity contribution in [2.24, 2.45) is 0 Å². The van der Waals surface area contributed by atoms with Gasteiger partial charge in [0.05, 0.1) is 11.7 Å². The number of thiazole rings is 1. The molecule has 1 aromatic heterocycles. The Labute approximate surface area is 190 Å². The van der Waals surface area contributed by atoms with Crippen LogP contribution in [0, 0.1) is 0 Å². The van der Waals surface area contributed by atoms with Gasteiger partial charge in [0.2, 0.25) is 0 Å². The lowest BCUT2D eigenvalue weighted by atomic mass is 9.93. The van der Waals surface area contributed by atoms with Gasteiger partial charge in [-0.1, -0.05) is 72.8 Å². The number of benzene rings is 3. The largest absolute Gasteiger partial charge is 0.482 e. The zero-order valence-corrected chi connectivity index (χ0v) is 18.1. The second kappa shape index (κ2) is 8.85. The zero-order chi connectivity index (χ0) is 21.9. The first-order valence-electron chi connectivity index (χ1n) is 10.5. The molecule has 1 aliphatic carbocycles. The molecule has 0 unspecified atom stereocenters. The van der Waals surface area contributed by atoms with Gasteiger partial charge in [0.15, 0.2) is 11.7 Å².